The Balaban J connectivity index is 1.79. The lowest BCUT2D eigenvalue weighted by molar-refractivity contribution is -0.205. The topological polar surface area (TPSA) is 172 Å². The van der Waals surface area contributed by atoms with Gasteiger partial charge in [-0.3, -0.25) is 14.1 Å². The molecule has 9 atom stereocenters. The van der Waals surface area contributed by atoms with E-state index in [2.05, 4.69) is 5.32 Å². The lowest BCUT2D eigenvalue weighted by atomic mass is 9.92. The van der Waals surface area contributed by atoms with Crippen molar-refractivity contribution in [2.75, 3.05) is 19.5 Å². The van der Waals surface area contributed by atoms with E-state index in [0.717, 1.165) is 18.2 Å². The summed E-state index contributed by atoms with van der Waals surface area (Å²) in [6.07, 6.45) is -1.34. The number of alkyl halides is 2. The number of nitrogens with one attached hydrogen (secondary N) is 1. The third-order valence-electron chi connectivity index (χ3n) is 7.69. The van der Waals surface area contributed by atoms with E-state index >= 15 is 0 Å². The smallest absolute Gasteiger partial charge is 0.441 e. The van der Waals surface area contributed by atoms with Crippen molar-refractivity contribution in [2.45, 2.75) is 106 Å². The summed E-state index contributed by atoms with van der Waals surface area (Å²) in [7, 11) is 0. The molecule has 2 saturated heterocycles. The molecule has 3 rings (SSSR count). The van der Waals surface area contributed by atoms with E-state index in [1.807, 2.05) is 0 Å². The van der Waals surface area contributed by atoms with Gasteiger partial charge in [-0.15, -0.1) is 23.4 Å². The van der Waals surface area contributed by atoms with Gasteiger partial charge in [-0.25, -0.2) is 9.59 Å². The summed E-state index contributed by atoms with van der Waals surface area (Å²) in [5, 5.41) is 33.3. The van der Waals surface area contributed by atoms with Crippen LogP contribution < -0.4 is 11.1 Å². The highest BCUT2D eigenvalue weighted by molar-refractivity contribution is 7.99. The molecular formula is C26H40ClFN2O10S. The predicted octanol–water partition coefficient (Wildman–Crippen LogP) is 2.07. The van der Waals surface area contributed by atoms with Crippen LogP contribution in [0.2, 0.25) is 0 Å². The largest absolute Gasteiger partial charge is 0.519 e. The van der Waals surface area contributed by atoms with E-state index in [4.69, 9.17) is 29.9 Å². The van der Waals surface area contributed by atoms with Crippen molar-refractivity contribution in [1.82, 2.24) is 10.2 Å². The number of carbonyl (C=O) groups is 2. The first-order chi connectivity index (χ1) is 19.5. The molecule has 2 aliphatic heterocycles. The number of halogens is 2. The molecule has 15 heteroatoms. The fourth-order valence-corrected chi connectivity index (χ4v) is 6.16. The minimum absolute atomic E-state index is 0.0480. The maximum atomic E-state index is 13.7. The number of aryl methyl sites for hydroxylation is 1. The number of carbonyl (C=O) groups excluding carboxylic acids is 2. The van der Waals surface area contributed by atoms with Crippen LogP contribution in [-0.2, 0) is 20.9 Å². The van der Waals surface area contributed by atoms with E-state index in [-0.39, 0.29) is 37.0 Å². The maximum Gasteiger partial charge on any atom is 0.519 e. The molecule has 0 radical (unpaired) electrons. The zero-order valence-electron chi connectivity index (χ0n) is 23.4. The molecule has 1 aromatic rings. The van der Waals surface area contributed by atoms with Crippen LogP contribution in [0.5, 0.6) is 0 Å². The van der Waals surface area contributed by atoms with Gasteiger partial charge in [0.2, 0.25) is 5.91 Å². The zero-order valence-corrected chi connectivity index (χ0v) is 24.9. The molecule has 0 aliphatic carbocycles. The Hall–Kier alpha value is -1.84. The average molecular weight is 627 g/mol. The highest BCUT2D eigenvalue weighted by Crippen LogP contribution is 2.31. The van der Waals surface area contributed by atoms with Crippen LogP contribution in [0.25, 0.3) is 0 Å². The Morgan fingerprint density at radius 1 is 1.17 bits per heavy atom. The van der Waals surface area contributed by atoms with Crippen molar-refractivity contribution >= 4 is 35.4 Å². The van der Waals surface area contributed by atoms with Crippen LogP contribution in [0.3, 0.4) is 0 Å². The first kappa shape index (κ1) is 33.7. The third kappa shape index (κ3) is 8.60. The van der Waals surface area contributed by atoms with E-state index < -0.39 is 71.8 Å². The number of nitrogens with zero attached hydrogens (tertiary/aromatic N) is 1. The number of likely N-dealkylation sites (tertiary alicyclic amines) is 1. The molecule has 1 aromatic heterocycles. The Kier molecular flexibility index (Phi) is 12.8. The Labute approximate surface area is 246 Å². The van der Waals surface area contributed by atoms with Crippen molar-refractivity contribution in [3.63, 3.8) is 0 Å². The molecule has 41 heavy (non-hydrogen) atoms. The van der Waals surface area contributed by atoms with Gasteiger partial charge in [-0.05, 0) is 51.7 Å². The van der Waals surface area contributed by atoms with Gasteiger partial charge in [-0.1, -0.05) is 12.8 Å². The van der Waals surface area contributed by atoms with Crippen LogP contribution in [0, 0.1) is 12.8 Å². The van der Waals surface area contributed by atoms with Crippen LogP contribution in [0.1, 0.15) is 57.0 Å². The number of aliphatic hydroxyl groups excluding tert-OH is 3. The lowest BCUT2D eigenvalue weighted by Crippen LogP contribution is -2.65. The third-order valence-corrected chi connectivity index (χ3v) is 8.82. The van der Waals surface area contributed by atoms with Crippen LogP contribution in [-0.4, -0.2) is 99.0 Å². The molecule has 3 heterocycles. The fraction of sp³-hybridized carbons (Fsp3) is 0.808. The number of rotatable bonds is 11. The second-order valence-corrected chi connectivity index (χ2v) is 12.1. The number of thioether (sulfide) groups is 1. The van der Waals surface area contributed by atoms with Gasteiger partial charge in [-0.2, -0.15) is 0 Å². The van der Waals surface area contributed by atoms with Gasteiger partial charge in [0.15, 0.2) is 18.1 Å². The lowest BCUT2D eigenvalue weighted by Gasteiger charge is -2.44. The van der Waals surface area contributed by atoms with Crippen molar-refractivity contribution in [3.8, 4) is 0 Å². The van der Waals surface area contributed by atoms with E-state index in [1.54, 1.807) is 13.2 Å². The number of unbranched alkanes of at least 4 members (excludes halogenated alkanes) is 1. The van der Waals surface area contributed by atoms with Gasteiger partial charge in [0.25, 0.3) is 0 Å². The summed E-state index contributed by atoms with van der Waals surface area (Å²) in [6, 6.07) is -1.96. The molecular weight excluding hydrogens is 587 g/mol. The number of hydrogen-bond donors (Lipinski definition) is 4. The van der Waals surface area contributed by atoms with Gasteiger partial charge in [0, 0.05) is 6.54 Å². The minimum atomic E-state index is -1.54. The van der Waals surface area contributed by atoms with Crippen LogP contribution in [0.4, 0.5) is 9.18 Å². The fourth-order valence-electron chi connectivity index (χ4n) is 5.28. The Morgan fingerprint density at radius 3 is 2.51 bits per heavy atom. The summed E-state index contributed by atoms with van der Waals surface area (Å²) in [5.74, 6) is -1.11. The Bertz CT molecular complexity index is 1060. The minimum Gasteiger partial charge on any atom is -0.441 e. The summed E-state index contributed by atoms with van der Waals surface area (Å²) in [5.41, 5.74) is -0.867. The first-order valence-corrected chi connectivity index (χ1v) is 15.5. The van der Waals surface area contributed by atoms with Gasteiger partial charge in [0.1, 0.15) is 35.9 Å². The monoisotopic (exact) mass is 626 g/mol. The summed E-state index contributed by atoms with van der Waals surface area (Å²) in [4.78, 5) is 39.6. The Morgan fingerprint density at radius 2 is 1.90 bits per heavy atom. The number of hydrogen-bond acceptors (Lipinski definition) is 11. The van der Waals surface area contributed by atoms with E-state index in [1.165, 1.54) is 11.8 Å². The molecule has 0 saturated carbocycles. The second kappa shape index (κ2) is 15.6. The highest BCUT2D eigenvalue weighted by atomic mass is 35.5. The van der Waals surface area contributed by atoms with Crippen LogP contribution >= 0.6 is 23.4 Å². The molecule has 2 amide bonds. The molecule has 4 N–H and O–H groups in total. The van der Waals surface area contributed by atoms with Gasteiger partial charge >= 0.3 is 11.9 Å². The quantitative estimate of drug-likeness (QED) is 0.209. The normalized spacial score (nSPS) is 30.3. The number of ether oxygens (including phenoxy) is 2. The number of aliphatic hydroxyl groups is 3. The molecule has 12 nitrogen and oxygen atoms in total. The van der Waals surface area contributed by atoms with Crippen molar-refractivity contribution in [3.05, 3.63) is 22.1 Å². The molecule has 9 unspecified atom stereocenters. The molecule has 2 aliphatic rings. The van der Waals surface area contributed by atoms with E-state index in [0.29, 0.717) is 25.7 Å². The van der Waals surface area contributed by atoms with Crippen LogP contribution in [0.15, 0.2) is 13.6 Å². The zero-order chi connectivity index (χ0) is 30.3. The average Bonchev–Trinajstić information content (AvgIpc) is 3.12. The van der Waals surface area contributed by atoms with Gasteiger partial charge < -0.3 is 38.9 Å². The number of amides is 2. The molecule has 2 fully saturated rings. The molecule has 0 spiro atoms. The highest BCUT2D eigenvalue weighted by Gasteiger charge is 2.48. The maximum absolute atomic E-state index is 13.7. The predicted molar refractivity (Wildman–Crippen MR) is 147 cm³/mol. The first-order valence-electron chi connectivity index (χ1n) is 13.7. The second-order valence-electron chi connectivity index (χ2n) is 10.5. The van der Waals surface area contributed by atoms with Crippen molar-refractivity contribution < 1.29 is 47.6 Å². The van der Waals surface area contributed by atoms with Gasteiger partial charge in [0.05, 0.1) is 18.1 Å². The van der Waals surface area contributed by atoms with E-state index in [9.17, 15) is 34.1 Å². The summed E-state index contributed by atoms with van der Waals surface area (Å²) >= 11 is 7.56. The standard InChI is InChI=1S/C26H40ClFN2O10S/c1-13(27)18(22-20(32)19(31)21(33)24(40-22)41-3)29-23(34)16-8-7-15(6-4-5-10-28)9-11-30(16)25(35)37-12-17-14(2)38-26(36)39-17/h13,15-16,18-22,24,31-33H,4-12H2,1-3H3,(H,29,34). The molecule has 0 bridgehead atoms. The summed E-state index contributed by atoms with van der Waals surface area (Å²) < 4.78 is 33.6. The summed E-state index contributed by atoms with van der Waals surface area (Å²) in [6.45, 7) is 2.49. The SMILES string of the molecule is CSC1OC(C(NC(=O)C2CCC(CCCCF)CCN2C(=O)OCc2oc(=O)oc2C)C(C)Cl)C(O)C(O)C1O. The van der Waals surface area contributed by atoms with Crippen molar-refractivity contribution in [2.24, 2.45) is 5.92 Å². The molecule has 234 valence electrons. The molecule has 0 aromatic carbocycles. The van der Waals surface area contributed by atoms with Crippen molar-refractivity contribution in [1.29, 1.82) is 0 Å².